The molecule has 1 aromatic carbocycles. The van der Waals surface area contributed by atoms with Gasteiger partial charge in [-0.3, -0.25) is 4.79 Å². The quantitative estimate of drug-likeness (QED) is 0.864. The number of benzene rings is 1. The number of hydrogen-bond donors (Lipinski definition) is 2. The van der Waals surface area contributed by atoms with Gasteiger partial charge < -0.3 is 10.8 Å². The lowest BCUT2D eigenvalue weighted by molar-refractivity contribution is 0.0990. The van der Waals surface area contributed by atoms with Gasteiger partial charge in [-0.2, -0.15) is 0 Å². The van der Waals surface area contributed by atoms with E-state index in [0.717, 1.165) is 0 Å². The van der Waals surface area contributed by atoms with Crippen molar-refractivity contribution < 1.29 is 9.90 Å². The van der Waals surface area contributed by atoms with Gasteiger partial charge in [0, 0.05) is 0 Å². The zero-order valence-electron chi connectivity index (χ0n) is 8.26. The Labute approximate surface area is 106 Å². The third-order valence-corrected chi connectivity index (χ3v) is 2.55. The summed E-state index contributed by atoms with van der Waals surface area (Å²) in [4.78, 5) is 14.5. The zero-order valence-corrected chi connectivity index (χ0v) is 9.77. The van der Waals surface area contributed by atoms with Gasteiger partial charge in [0.05, 0.1) is 15.7 Å². The lowest BCUT2D eigenvalue weighted by Gasteiger charge is -2.04. The first-order valence-electron chi connectivity index (χ1n) is 4.39. The van der Waals surface area contributed by atoms with Crippen molar-refractivity contribution in [3.05, 3.63) is 34.3 Å². The summed E-state index contributed by atoms with van der Waals surface area (Å²) in [6.45, 7) is 0. The number of rotatable bonds is 2. The fourth-order valence-electron chi connectivity index (χ4n) is 1.18. The molecule has 0 saturated heterocycles. The van der Waals surface area contributed by atoms with Crippen LogP contribution in [0.3, 0.4) is 0 Å². The molecule has 0 radical (unpaired) electrons. The van der Waals surface area contributed by atoms with Crippen molar-refractivity contribution in [3.63, 3.8) is 0 Å². The fraction of sp³-hybridized carbons (Fsp3) is 0. The number of amides is 1. The molecule has 6 nitrogen and oxygen atoms in total. The maximum atomic E-state index is 10.8. The average molecular weight is 273 g/mol. The minimum absolute atomic E-state index is 0.0728. The summed E-state index contributed by atoms with van der Waals surface area (Å²) in [6, 6.07) is 2.87. The standard InChI is InChI=1S/C9H6Cl2N4O2/c10-5-1-4(2-6(11)7(5)16)15-3-13-9(14-15)8(12)17/h1-3,16H,(H2,12,17). The molecular weight excluding hydrogens is 267 g/mol. The number of aromatic hydroxyl groups is 1. The molecule has 0 atom stereocenters. The monoisotopic (exact) mass is 272 g/mol. The van der Waals surface area contributed by atoms with Crippen LogP contribution >= 0.6 is 23.2 Å². The van der Waals surface area contributed by atoms with E-state index in [0.29, 0.717) is 5.69 Å². The summed E-state index contributed by atoms with van der Waals surface area (Å²) in [7, 11) is 0. The van der Waals surface area contributed by atoms with E-state index < -0.39 is 5.91 Å². The number of phenols is 1. The maximum Gasteiger partial charge on any atom is 0.288 e. The number of nitrogens with zero attached hydrogens (tertiary/aromatic N) is 3. The van der Waals surface area contributed by atoms with Crippen molar-refractivity contribution in [2.45, 2.75) is 0 Å². The van der Waals surface area contributed by atoms with Gasteiger partial charge in [0.1, 0.15) is 6.33 Å². The first kappa shape index (κ1) is 11.7. The Bertz CT molecular complexity index is 573. The molecule has 0 fully saturated rings. The summed E-state index contributed by atoms with van der Waals surface area (Å²) >= 11 is 11.5. The first-order valence-corrected chi connectivity index (χ1v) is 5.14. The number of aromatic nitrogens is 3. The van der Waals surface area contributed by atoms with E-state index in [1.165, 1.54) is 23.1 Å². The summed E-state index contributed by atoms with van der Waals surface area (Å²) in [5.41, 5.74) is 5.48. The van der Waals surface area contributed by atoms with Crippen LogP contribution < -0.4 is 5.73 Å². The van der Waals surface area contributed by atoms with Gasteiger partial charge in [-0.15, -0.1) is 5.10 Å². The second-order valence-corrected chi connectivity index (χ2v) is 3.95. The molecule has 0 aliphatic heterocycles. The SMILES string of the molecule is NC(=O)c1ncn(-c2cc(Cl)c(O)c(Cl)c2)n1. The van der Waals surface area contributed by atoms with Crippen LogP contribution in [0.15, 0.2) is 18.5 Å². The minimum atomic E-state index is -0.736. The molecule has 0 unspecified atom stereocenters. The zero-order chi connectivity index (χ0) is 12.6. The number of carbonyl (C=O) groups excluding carboxylic acids is 1. The van der Waals surface area contributed by atoms with Crippen molar-refractivity contribution in [2.24, 2.45) is 5.73 Å². The third-order valence-electron chi connectivity index (χ3n) is 1.98. The van der Waals surface area contributed by atoms with Gasteiger partial charge in [0.2, 0.25) is 5.82 Å². The Morgan fingerprint density at radius 2 is 1.94 bits per heavy atom. The van der Waals surface area contributed by atoms with Crippen LogP contribution in [0.4, 0.5) is 0 Å². The number of halogens is 2. The highest BCUT2D eigenvalue weighted by molar-refractivity contribution is 6.37. The number of hydrogen-bond acceptors (Lipinski definition) is 4. The van der Waals surface area contributed by atoms with Gasteiger partial charge in [-0.05, 0) is 12.1 Å². The minimum Gasteiger partial charge on any atom is -0.505 e. The Hall–Kier alpha value is -1.79. The number of primary amides is 1. The molecule has 2 aromatic rings. The average Bonchev–Trinajstić information content (AvgIpc) is 2.74. The van der Waals surface area contributed by atoms with Crippen LogP contribution in [0.5, 0.6) is 5.75 Å². The van der Waals surface area contributed by atoms with E-state index >= 15 is 0 Å². The van der Waals surface area contributed by atoms with Crippen LogP contribution in [0.2, 0.25) is 10.0 Å². The lowest BCUT2D eigenvalue weighted by Crippen LogP contribution is -2.13. The molecule has 0 spiro atoms. The molecule has 17 heavy (non-hydrogen) atoms. The van der Waals surface area contributed by atoms with Crippen molar-refractivity contribution in [2.75, 3.05) is 0 Å². The highest BCUT2D eigenvalue weighted by Crippen LogP contribution is 2.33. The summed E-state index contributed by atoms with van der Waals surface area (Å²) in [5.74, 6) is -1.07. The van der Waals surface area contributed by atoms with Gasteiger partial charge in [0.25, 0.3) is 5.91 Å². The fourth-order valence-corrected chi connectivity index (χ4v) is 1.66. The van der Waals surface area contributed by atoms with E-state index in [2.05, 4.69) is 10.1 Å². The number of nitrogens with two attached hydrogens (primary N) is 1. The first-order chi connectivity index (χ1) is 7.99. The Balaban J connectivity index is 2.49. The van der Waals surface area contributed by atoms with Gasteiger partial charge in [-0.25, -0.2) is 9.67 Å². The Kier molecular flexibility index (Phi) is 2.91. The van der Waals surface area contributed by atoms with Crippen LogP contribution in [-0.2, 0) is 0 Å². The van der Waals surface area contributed by atoms with E-state index in [9.17, 15) is 9.90 Å². The molecule has 1 aromatic heterocycles. The number of carbonyl (C=O) groups is 1. The molecule has 2 rings (SSSR count). The summed E-state index contributed by atoms with van der Waals surface area (Å²) in [5, 5.41) is 13.4. The normalized spacial score (nSPS) is 10.5. The van der Waals surface area contributed by atoms with E-state index in [1.807, 2.05) is 0 Å². The van der Waals surface area contributed by atoms with Crippen molar-refractivity contribution in [1.82, 2.24) is 14.8 Å². The van der Waals surface area contributed by atoms with Crippen LogP contribution in [0.25, 0.3) is 5.69 Å². The van der Waals surface area contributed by atoms with E-state index in [-0.39, 0.29) is 21.6 Å². The van der Waals surface area contributed by atoms with Gasteiger partial charge >= 0.3 is 0 Å². The van der Waals surface area contributed by atoms with Crippen molar-refractivity contribution >= 4 is 29.1 Å². The molecule has 1 amide bonds. The van der Waals surface area contributed by atoms with Crippen LogP contribution in [-0.4, -0.2) is 25.8 Å². The smallest absolute Gasteiger partial charge is 0.288 e. The lowest BCUT2D eigenvalue weighted by atomic mass is 10.3. The predicted molar refractivity (Wildman–Crippen MR) is 61.6 cm³/mol. The molecule has 88 valence electrons. The summed E-state index contributed by atoms with van der Waals surface area (Å²) < 4.78 is 1.28. The highest BCUT2D eigenvalue weighted by atomic mass is 35.5. The Morgan fingerprint density at radius 3 is 2.41 bits per heavy atom. The predicted octanol–water partition coefficient (Wildman–Crippen LogP) is 1.38. The highest BCUT2D eigenvalue weighted by Gasteiger charge is 2.11. The topological polar surface area (TPSA) is 94.0 Å². The number of phenolic OH excluding ortho intramolecular Hbond substituents is 1. The van der Waals surface area contributed by atoms with Crippen LogP contribution in [0.1, 0.15) is 10.6 Å². The van der Waals surface area contributed by atoms with Crippen LogP contribution in [0, 0.1) is 0 Å². The molecular formula is C9H6Cl2N4O2. The second kappa shape index (κ2) is 4.23. The van der Waals surface area contributed by atoms with E-state index in [1.54, 1.807) is 0 Å². The van der Waals surface area contributed by atoms with Crippen molar-refractivity contribution in [3.8, 4) is 11.4 Å². The molecule has 0 aliphatic carbocycles. The summed E-state index contributed by atoms with van der Waals surface area (Å²) in [6.07, 6.45) is 1.29. The molecule has 1 heterocycles. The third kappa shape index (κ3) is 2.17. The second-order valence-electron chi connectivity index (χ2n) is 3.14. The molecule has 0 bridgehead atoms. The molecule has 8 heteroatoms. The largest absolute Gasteiger partial charge is 0.505 e. The molecule has 0 saturated carbocycles. The maximum absolute atomic E-state index is 10.8. The Morgan fingerprint density at radius 1 is 1.35 bits per heavy atom. The van der Waals surface area contributed by atoms with Gasteiger partial charge in [0.15, 0.2) is 5.75 Å². The van der Waals surface area contributed by atoms with E-state index in [4.69, 9.17) is 28.9 Å². The van der Waals surface area contributed by atoms with Crippen molar-refractivity contribution in [1.29, 1.82) is 0 Å². The molecule has 0 aliphatic rings. The van der Waals surface area contributed by atoms with Gasteiger partial charge in [-0.1, -0.05) is 23.2 Å². The molecule has 3 N–H and O–H groups in total.